The van der Waals surface area contributed by atoms with Crippen molar-refractivity contribution in [3.63, 3.8) is 0 Å². The van der Waals surface area contributed by atoms with E-state index in [1.54, 1.807) is 36.4 Å². The zero-order valence-corrected chi connectivity index (χ0v) is 17.6. The molecule has 0 aliphatic carbocycles. The number of ether oxygens (including phenoxy) is 1. The van der Waals surface area contributed by atoms with Crippen LogP contribution in [0.5, 0.6) is 0 Å². The van der Waals surface area contributed by atoms with Gasteiger partial charge in [-0.2, -0.15) is 0 Å². The van der Waals surface area contributed by atoms with Crippen molar-refractivity contribution < 1.29 is 9.53 Å². The Hall–Kier alpha value is -1.27. The predicted molar refractivity (Wildman–Crippen MR) is 114 cm³/mol. The standard InChI is InChI=1S/C18H6Cl5NO2S/c19-8-5-11(22)14-13(6-8)27-16(15(14)23)17-24-12(18(25)26-17)4-7-1-2-9(20)10(21)3-7/h1-6H/b12-4-. The van der Waals surface area contributed by atoms with Crippen LogP contribution in [-0.2, 0) is 9.53 Å². The normalized spacial score (nSPS) is 15.5. The van der Waals surface area contributed by atoms with Gasteiger partial charge in [0, 0.05) is 15.1 Å². The summed E-state index contributed by atoms with van der Waals surface area (Å²) in [5, 5.41) is 2.71. The second-order valence-electron chi connectivity index (χ2n) is 5.52. The third-order valence-corrected chi connectivity index (χ3v) is 6.58. The lowest BCUT2D eigenvalue weighted by molar-refractivity contribution is -0.129. The number of thiophene rings is 1. The van der Waals surface area contributed by atoms with Crippen LogP contribution in [0.1, 0.15) is 10.4 Å². The molecule has 1 aliphatic rings. The minimum atomic E-state index is -0.589. The van der Waals surface area contributed by atoms with Crippen LogP contribution < -0.4 is 0 Å². The van der Waals surface area contributed by atoms with E-state index >= 15 is 0 Å². The van der Waals surface area contributed by atoms with E-state index in [1.807, 2.05) is 0 Å². The van der Waals surface area contributed by atoms with Gasteiger partial charge in [-0.1, -0.05) is 64.1 Å². The fourth-order valence-electron chi connectivity index (χ4n) is 2.52. The molecule has 0 saturated heterocycles. The molecule has 1 aromatic heterocycles. The second kappa shape index (κ2) is 7.28. The topological polar surface area (TPSA) is 38.7 Å². The molecule has 0 atom stereocenters. The molecule has 136 valence electrons. The van der Waals surface area contributed by atoms with Gasteiger partial charge in [0.2, 0.25) is 5.90 Å². The Bertz CT molecular complexity index is 1180. The Kier molecular flexibility index (Phi) is 5.14. The third-order valence-electron chi connectivity index (χ3n) is 3.71. The largest absolute Gasteiger partial charge is 0.401 e. The average Bonchev–Trinajstić information content (AvgIpc) is 3.11. The molecule has 3 nitrogen and oxygen atoms in total. The highest BCUT2D eigenvalue weighted by molar-refractivity contribution is 7.21. The monoisotopic (exact) mass is 475 g/mol. The number of hydrogen-bond donors (Lipinski definition) is 0. The van der Waals surface area contributed by atoms with Gasteiger partial charge in [0.05, 0.1) is 20.1 Å². The highest BCUT2D eigenvalue weighted by atomic mass is 35.5. The summed E-state index contributed by atoms with van der Waals surface area (Å²) in [5.74, 6) is -0.474. The van der Waals surface area contributed by atoms with E-state index in [-0.39, 0.29) is 11.6 Å². The van der Waals surface area contributed by atoms with E-state index < -0.39 is 5.97 Å². The molecule has 0 N–H and O–H groups in total. The van der Waals surface area contributed by atoms with Gasteiger partial charge in [0.15, 0.2) is 5.70 Å². The Morgan fingerprint density at radius 1 is 0.963 bits per heavy atom. The van der Waals surface area contributed by atoms with Crippen molar-refractivity contribution in [2.45, 2.75) is 0 Å². The van der Waals surface area contributed by atoms with Gasteiger partial charge in [-0.15, -0.1) is 11.3 Å². The molecule has 0 spiro atoms. The number of aliphatic imine (C=N–C) groups is 1. The van der Waals surface area contributed by atoms with E-state index in [2.05, 4.69) is 4.99 Å². The number of cyclic esters (lactones) is 1. The number of rotatable bonds is 2. The smallest absolute Gasteiger partial charge is 0.363 e. The number of fused-ring (bicyclic) bond motifs is 1. The van der Waals surface area contributed by atoms with Crippen LogP contribution in [0, 0.1) is 0 Å². The van der Waals surface area contributed by atoms with Crippen molar-refractivity contribution in [1.82, 2.24) is 0 Å². The maximum atomic E-state index is 12.2. The number of hydrogen-bond acceptors (Lipinski definition) is 4. The quantitative estimate of drug-likeness (QED) is 0.283. The van der Waals surface area contributed by atoms with Gasteiger partial charge < -0.3 is 4.74 Å². The van der Waals surface area contributed by atoms with Crippen LogP contribution in [0.3, 0.4) is 0 Å². The summed E-state index contributed by atoms with van der Waals surface area (Å²) in [4.78, 5) is 17.0. The molecule has 0 radical (unpaired) electrons. The number of esters is 1. The van der Waals surface area contributed by atoms with Crippen molar-refractivity contribution in [1.29, 1.82) is 0 Å². The molecular formula is C18H6Cl5NO2S. The molecule has 0 bridgehead atoms. The first-order valence-corrected chi connectivity index (χ1v) is 10.1. The maximum Gasteiger partial charge on any atom is 0.363 e. The van der Waals surface area contributed by atoms with Crippen LogP contribution in [0.25, 0.3) is 16.2 Å². The van der Waals surface area contributed by atoms with Crippen molar-refractivity contribution in [2.24, 2.45) is 4.99 Å². The number of carbonyl (C=O) groups is 1. The zero-order valence-electron chi connectivity index (χ0n) is 13.0. The first kappa shape index (κ1) is 19.1. The lowest BCUT2D eigenvalue weighted by atomic mass is 10.2. The van der Waals surface area contributed by atoms with Gasteiger partial charge in [-0.3, -0.25) is 0 Å². The minimum absolute atomic E-state index is 0.115. The van der Waals surface area contributed by atoms with Crippen LogP contribution in [0.4, 0.5) is 0 Å². The van der Waals surface area contributed by atoms with E-state index in [0.717, 1.165) is 4.70 Å². The molecule has 2 aromatic carbocycles. The lowest BCUT2D eigenvalue weighted by Crippen LogP contribution is -2.04. The Morgan fingerprint density at radius 3 is 2.48 bits per heavy atom. The van der Waals surface area contributed by atoms with E-state index in [1.165, 1.54) is 11.3 Å². The summed E-state index contributed by atoms with van der Waals surface area (Å²) in [6.45, 7) is 0. The summed E-state index contributed by atoms with van der Waals surface area (Å²) < 4.78 is 6.07. The van der Waals surface area contributed by atoms with Crippen LogP contribution in [-0.4, -0.2) is 11.9 Å². The summed E-state index contributed by atoms with van der Waals surface area (Å²) in [7, 11) is 0. The molecule has 27 heavy (non-hydrogen) atoms. The molecule has 0 fully saturated rings. The lowest BCUT2D eigenvalue weighted by Gasteiger charge is -1.97. The first-order chi connectivity index (χ1) is 12.8. The fourth-order valence-corrected chi connectivity index (χ4v) is 5.12. The van der Waals surface area contributed by atoms with Gasteiger partial charge in [0.1, 0.15) is 4.88 Å². The van der Waals surface area contributed by atoms with Crippen LogP contribution in [0.2, 0.25) is 25.1 Å². The Morgan fingerprint density at radius 2 is 1.74 bits per heavy atom. The number of carbonyl (C=O) groups excluding carboxylic acids is 1. The molecular weight excluding hydrogens is 472 g/mol. The molecule has 0 saturated carbocycles. The molecule has 4 rings (SSSR count). The Labute approximate surface area is 182 Å². The average molecular weight is 478 g/mol. The predicted octanol–water partition coefficient (Wildman–Crippen LogP) is 7.51. The second-order valence-corrected chi connectivity index (χ2v) is 8.60. The van der Waals surface area contributed by atoms with E-state index in [0.29, 0.717) is 40.9 Å². The Balaban J connectivity index is 1.78. The summed E-state index contributed by atoms with van der Waals surface area (Å²) in [5.41, 5.74) is 0.791. The number of halogens is 5. The van der Waals surface area contributed by atoms with E-state index in [9.17, 15) is 4.79 Å². The summed E-state index contributed by atoms with van der Waals surface area (Å²) >= 11 is 31.9. The van der Waals surface area contributed by atoms with Crippen LogP contribution >= 0.6 is 69.3 Å². The number of benzene rings is 2. The fraction of sp³-hybridized carbons (Fsp3) is 0. The van der Waals surface area contributed by atoms with Crippen molar-refractivity contribution in [3.05, 3.63) is 71.6 Å². The summed E-state index contributed by atoms with van der Waals surface area (Å²) in [6.07, 6.45) is 1.56. The van der Waals surface area contributed by atoms with Crippen LogP contribution in [0.15, 0.2) is 41.0 Å². The highest BCUT2D eigenvalue weighted by Gasteiger charge is 2.28. The molecule has 0 amide bonds. The molecule has 1 aliphatic heterocycles. The van der Waals surface area contributed by atoms with Gasteiger partial charge in [0.25, 0.3) is 0 Å². The molecule has 2 heterocycles. The van der Waals surface area contributed by atoms with Gasteiger partial charge in [-0.25, -0.2) is 9.79 Å². The van der Waals surface area contributed by atoms with Gasteiger partial charge in [-0.05, 0) is 35.9 Å². The van der Waals surface area contributed by atoms with Crippen molar-refractivity contribution >= 4 is 97.4 Å². The maximum absolute atomic E-state index is 12.2. The molecule has 9 heteroatoms. The molecule has 0 unspecified atom stereocenters. The minimum Gasteiger partial charge on any atom is -0.401 e. The van der Waals surface area contributed by atoms with Crippen molar-refractivity contribution in [2.75, 3.05) is 0 Å². The SMILES string of the molecule is O=C1OC(c2sc3cc(Cl)cc(Cl)c3c2Cl)=N/C1=C\c1ccc(Cl)c(Cl)c1. The molecule has 3 aromatic rings. The summed E-state index contributed by atoms with van der Waals surface area (Å²) in [6, 6.07) is 8.33. The first-order valence-electron chi connectivity index (χ1n) is 7.38. The highest BCUT2D eigenvalue weighted by Crippen LogP contribution is 2.42. The van der Waals surface area contributed by atoms with Crippen molar-refractivity contribution in [3.8, 4) is 0 Å². The van der Waals surface area contributed by atoms with Gasteiger partial charge >= 0.3 is 5.97 Å². The zero-order chi connectivity index (χ0) is 19.3. The third kappa shape index (κ3) is 3.58. The number of nitrogens with zero attached hydrogens (tertiary/aromatic N) is 1. The van der Waals surface area contributed by atoms with E-state index in [4.69, 9.17) is 62.7 Å².